The van der Waals surface area contributed by atoms with Crippen molar-refractivity contribution in [3.63, 3.8) is 0 Å². The maximum absolute atomic E-state index is 3.91. The summed E-state index contributed by atoms with van der Waals surface area (Å²) in [5.74, 6) is 0. The minimum Gasteiger partial charge on any atom is -0.381 e. The van der Waals surface area contributed by atoms with Gasteiger partial charge in [0.15, 0.2) is 0 Å². The Morgan fingerprint density at radius 3 is 2.72 bits per heavy atom. The molecule has 0 bridgehead atoms. The first-order chi connectivity index (χ1) is 8.74. The van der Waals surface area contributed by atoms with E-state index < -0.39 is 0 Å². The average Bonchev–Trinajstić information content (AvgIpc) is 2.73. The van der Waals surface area contributed by atoms with Gasteiger partial charge in [0.05, 0.1) is 0 Å². The van der Waals surface area contributed by atoms with Gasteiger partial charge in [0, 0.05) is 12.2 Å². The third kappa shape index (κ3) is 1.92. The quantitative estimate of drug-likeness (QED) is 0.669. The summed E-state index contributed by atoms with van der Waals surface area (Å²) in [6, 6.07) is 15.3. The minimum atomic E-state index is 0.839. The van der Waals surface area contributed by atoms with Crippen LogP contribution in [0, 0.1) is 0 Å². The second-order valence-electron chi connectivity index (χ2n) is 5.02. The lowest BCUT2D eigenvalue weighted by Gasteiger charge is -2.08. The van der Waals surface area contributed by atoms with Gasteiger partial charge in [-0.1, -0.05) is 42.5 Å². The molecule has 3 rings (SSSR count). The van der Waals surface area contributed by atoms with Crippen molar-refractivity contribution < 1.29 is 0 Å². The van der Waals surface area contributed by atoms with Crippen LogP contribution in [0.1, 0.15) is 18.1 Å². The predicted molar refractivity (Wildman–Crippen MR) is 78.0 cm³/mol. The first-order valence-electron chi connectivity index (χ1n) is 6.33. The van der Waals surface area contributed by atoms with E-state index in [0.717, 1.165) is 18.5 Å². The first kappa shape index (κ1) is 11.1. The number of hydrogen-bond acceptors (Lipinski definition) is 1. The second-order valence-corrected chi connectivity index (χ2v) is 5.02. The molecular formula is C17H17N. The molecule has 0 spiro atoms. The van der Waals surface area contributed by atoms with Crippen LogP contribution in [0.4, 0.5) is 5.69 Å². The molecule has 0 saturated heterocycles. The van der Waals surface area contributed by atoms with Crippen molar-refractivity contribution in [3.8, 4) is 11.1 Å². The molecule has 0 saturated carbocycles. The average molecular weight is 235 g/mol. The lowest BCUT2D eigenvalue weighted by atomic mass is 10.1. The zero-order valence-corrected chi connectivity index (χ0v) is 10.7. The molecule has 2 aromatic rings. The van der Waals surface area contributed by atoms with Crippen LogP contribution in [0.3, 0.4) is 0 Å². The lowest BCUT2D eigenvalue weighted by molar-refractivity contribution is 1.20. The zero-order valence-electron chi connectivity index (χ0n) is 10.7. The molecule has 1 heteroatoms. The van der Waals surface area contributed by atoms with E-state index in [1.54, 1.807) is 0 Å². The van der Waals surface area contributed by atoms with Crippen molar-refractivity contribution in [1.29, 1.82) is 0 Å². The summed E-state index contributed by atoms with van der Waals surface area (Å²) in [5.41, 5.74) is 7.96. The fourth-order valence-electron chi connectivity index (χ4n) is 2.51. The predicted octanol–water partition coefficient (Wildman–Crippen LogP) is 4.25. The summed E-state index contributed by atoms with van der Waals surface area (Å²) in [5, 5.41) is 3.40. The van der Waals surface area contributed by atoms with E-state index in [9.17, 15) is 0 Å². The van der Waals surface area contributed by atoms with Gasteiger partial charge < -0.3 is 5.32 Å². The van der Waals surface area contributed by atoms with Gasteiger partial charge in [0.1, 0.15) is 0 Å². The molecule has 0 heterocycles. The minimum absolute atomic E-state index is 0.839. The Morgan fingerprint density at radius 1 is 1.11 bits per heavy atom. The summed E-state index contributed by atoms with van der Waals surface area (Å²) in [6.45, 7) is 6.79. The van der Waals surface area contributed by atoms with Gasteiger partial charge in [-0.3, -0.25) is 0 Å². The standard InChI is InChI=1S/C17H17N/c1-12(2)11-18-15-7-8-17-14(10-15)9-13-5-3-4-6-16(13)17/h3-8,10,18H,1,9,11H2,2H3. The van der Waals surface area contributed by atoms with Gasteiger partial charge in [-0.15, -0.1) is 0 Å². The fraction of sp³-hybridized carbons (Fsp3) is 0.176. The van der Waals surface area contributed by atoms with E-state index in [1.807, 2.05) is 6.92 Å². The third-order valence-corrected chi connectivity index (χ3v) is 3.39. The number of nitrogens with one attached hydrogen (secondary N) is 1. The molecule has 1 nitrogen and oxygen atoms in total. The van der Waals surface area contributed by atoms with Crippen molar-refractivity contribution in [2.24, 2.45) is 0 Å². The van der Waals surface area contributed by atoms with Crippen molar-refractivity contribution in [3.05, 3.63) is 65.7 Å². The maximum Gasteiger partial charge on any atom is 0.0354 e. The molecule has 0 radical (unpaired) electrons. The van der Waals surface area contributed by atoms with Crippen LogP contribution in [-0.4, -0.2) is 6.54 Å². The van der Waals surface area contributed by atoms with Gasteiger partial charge in [-0.05, 0) is 47.7 Å². The Hall–Kier alpha value is -2.02. The molecule has 18 heavy (non-hydrogen) atoms. The summed E-state index contributed by atoms with van der Waals surface area (Å²) < 4.78 is 0. The van der Waals surface area contributed by atoms with E-state index >= 15 is 0 Å². The highest BCUT2D eigenvalue weighted by Gasteiger charge is 2.17. The van der Waals surface area contributed by atoms with Crippen LogP contribution in [0.25, 0.3) is 11.1 Å². The van der Waals surface area contributed by atoms with Crippen LogP contribution in [0.2, 0.25) is 0 Å². The smallest absolute Gasteiger partial charge is 0.0354 e. The largest absolute Gasteiger partial charge is 0.381 e. The van der Waals surface area contributed by atoms with E-state index in [2.05, 4.69) is 54.4 Å². The molecule has 0 unspecified atom stereocenters. The number of hydrogen-bond donors (Lipinski definition) is 1. The van der Waals surface area contributed by atoms with Crippen molar-refractivity contribution in [1.82, 2.24) is 0 Å². The van der Waals surface area contributed by atoms with Crippen LogP contribution >= 0.6 is 0 Å². The maximum atomic E-state index is 3.91. The van der Waals surface area contributed by atoms with Crippen molar-refractivity contribution in [2.75, 3.05) is 11.9 Å². The molecule has 1 aliphatic rings. The SMILES string of the molecule is C=C(C)CNc1ccc2c(c1)Cc1ccccc1-2. The molecule has 2 aromatic carbocycles. The molecule has 0 atom stereocenters. The van der Waals surface area contributed by atoms with Crippen molar-refractivity contribution >= 4 is 5.69 Å². The van der Waals surface area contributed by atoms with Crippen LogP contribution in [0.5, 0.6) is 0 Å². The molecule has 0 aromatic heterocycles. The summed E-state index contributed by atoms with van der Waals surface area (Å²) in [7, 11) is 0. The van der Waals surface area contributed by atoms with Crippen LogP contribution in [-0.2, 0) is 6.42 Å². The van der Waals surface area contributed by atoms with Crippen molar-refractivity contribution in [2.45, 2.75) is 13.3 Å². The molecule has 0 amide bonds. The third-order valence-electron chi connectivity index (χ3n) is 3.39. The highest BCUT2D eigenvalue weighted by atomic mass is 14.9. The Labute approximate surface area is 108 Å². The van der Waals surface area contributed by atoms with Gasteiger partial charge in [0.25, 0.3) is 0 Å². The highest BCUT2D eigenvalue weighted by Crippen LogP contribution is 2.37. The molecule has 0 aliphatic heterocycles. The van der Waals surface area contributed by atoms with Gasteiger partial charge in [0.2, 0.25) is 0 Å². The van der Waals surface area contributed by atoms with Crippen LogP contribution < -0.4 is 5.32 Å². The molecule has 1 aliphatic carbocycles. The number of benzene rings is 2. The Balaban J connectivity index is 1.91. The van der Waals surface area contributed by atoms with Gasteiger partial charge in [-0.2, -0.15) is 0 Å². The van der Waals surface area contributed by atoms with E-state index in [1.165, 1.54) is 27.9 Å². The Kier molecular flexibility index (Phi) is 2.67. The van der Waals surface area contributed by atoms with E-state index in [4.69, 9.17) is 0 Å². The fourth-order valence-corrected chi connectivity index (χ4v) is 2.51. The molecule has 90 valence electrons. The first-order valence-corrected chi connectivity index (χ1v) is 6.33. The van der Waals surface area contributed by atoms with Crippen LogP contribution in [0.15, 0.2) is 54.6 Å². The van der Waals surface area contributed by atoms with Gasteiger partial charge in [-0.25, -0.2) is 0 Å². The highest BCUT2D eigenvalue weighted by molar-refractivity contribution is 5.78. The monoisotopic (exact) mass is 235 g/mol. The molecule has 1 N–H and O–H groups in total. The number of fused-ring (bicyclic) bond motifs is 3. The Morgan fingerprint density at radius 2 is 1.89 bits per heavy atom. The molecule has 0 fully saturated rings. The summed E-state index contributed by atoms with van der Waals surface area (Å²) >= 11 is 0. The van der Waals surface area contributed by atoms with Gasteiger partial charge >= 0.3 is 0 Å². The summed E-state index contributed by atoms with van der Waals surface area (Å²) in [6.07, 6.45) is 1.05. The normalized spacial score (nSPS) is 11.8. The van der Waals surface area contributed by atoms with E-state index in [-0.39, 0.29) is 0 Å². The lowest BCUT2D eigenvalue weighted by Crippen LogP contribution is -2.01. The number of anilines is 1. The number of rotatable bonds is 3. The Bertz CT molecular complexity index is 611. The summed E-state index contributed by atoms with van der Waals surface area (Å²) in [4.78, 5) is 0. The second kappa shape index (κ2) is 4.34. The zero-order chi connectivity index (χ0) is 12.5. The topological polar surface area (TPSA) is 12.0 Å². The molecular weight excluding hydrogens is 218 g/mol. The van der Waals surface area contributed by atoms with E-state index in [0.29, 0.717) is 0 Å².